The Labute approximate surface area is 121 Å². The van der Waals surface area contributed by atoms with Gasteiger partial charge in [-0.25, -0.2) is 0 Å². The van der Waals surface area contributed by atoms with E-state index in [1.165, 1.54) is 10.2 Å². The first-order valence-corrected chi connectivity index (χ1v) is 6.87. The van der Waals surface area contributed by atoms with Crippen molar-refractivity contribution < 1.29 is 4.79 Å². The molecule has 7 heteroatoms. The molecule has 2 aliphatic rings. The maximum absolute atomic E-state index is 12.4. The van der Waals surface area contributed by atoms with Gasteiger partial charge in [0, 0.05) is 25.3 Å². The van der Waals surface area contributed by atoms with Crippen LogP contribution in [0.4, 0.5) is 5.95 Å². The molecular weight excluding hydrogens is 268 g/mol. The third-order valence-electron chi connectivity index (χ3n) is 3.87. The van der Waals surface area contributed by atoms with Crippen LogP contribution in [-0.4, -0.2) is 44.1 Å². The highest BCUT2D eigenvalue weighted by molar-refractivity contribution is 5.88. The summed E-state index contributed by atoms with van der Waals surface area (Å²) < 4.78 is 1.24. The molecule has 7 nitrogen and oxygen atoms in total. The zero-order chi connectivity index (χ0) is 14.2. The lowest BCUT2D eigenvalue weighted by Crippen LogP contribution is -2.44. The van der Waals surface area contributed by atoms with E-state index in [1.807, 2.05) is 24.3 Å². The van der Waals surface area contributed by atoms with E-state index in [9.17, 15) is 4.79 Å². The molecule has 2 aliphatic heterocycles. The minimum atomic E-state index is -0.224. The van der Waals surface area contributed by atoms with Gasteiger partial charge in [-0.1, -0.05) is 41.5 Å². The van der Waals surface area contributed by atoms with Gasteiger partial charge in [-0.3, -0.25) is 9.69 Å². The van der Waals surface area contributed by atoms with Crippen LogP contribution in [0.1, 0.15) is 10.4 Å². The first kappa shape index (κ1) is 12.2. The van der Waals surface area contributed by atoms with Crippen molar-refractivity contribution in [3.8, 4) is 0 Å². The Hall–Kier alpha value is -2.54. The number of nitrogens with zero attached hydrogens (tertiary/aromatic N) is 5. The number of fused-ring (bicyclic) bond motifs is 2. The maximum Gasteiger partial charge on any atom is 0.261 e. The van der Waals surface area contributed by atoms with Gasteiger partial charge in [0.25, 0.3) is 11.9 Å². The summed E-state index contributed by atoms with van der Waals surface area (Å²) in [5, 5.41) is 14.2. The fourth-order valence-electron chi connectivity index (χ4n) is 2.81. The Bertz CT molecular complexity index is 707. The normalized spacial score (nSPS) is 21.2. The molecule has 1 aromatic carbocycles. The Morgan fingerprint density at radius 1 is 1.29 bits per heavy atom. The molecule has 0 fully saturated rings. The van der Waals surface area contributed by atoms with Gasteiger partial charge < -0.3 is 5.32 Å². The highest BCUT2D eigenvalue weighted by atomic mass is 16.2. The van der Waals surface area contributed by atoms with Crippen LogP contribution in [0.3, 0.4) is 0 Å². The van der Waals surface area contributed by atoms with Gasteiger partial charge in [-0.05, 0) is 16.0 Å². The lowest BCUT2D eigenvalue weighted by Gasteiger charge is -2.34. The third-order valence-corrected chi connectivity index (χ3v) is 3.87. The van der Waals surface area contributed by atoms with Crippen molar-refractivity contribution in [1.29, 1.82) is 0 Å². The van der Waals surface area contributed by atoms with E-state index in [1.54, 1.807) is 0 Å². The Morgan fingerprint density at radius 2 is 2.14 bits per heavy atom. The predicted molar refractivity (Wildman–Crippen MR) is 75.4 cm³/mol. The summed E-state index contributed by atoms with van der Waals surface area (Å²) in [6, 6.07) is 10.3. The van der Waals surface area contributed by atoms with Gasteiger partial charge in [0.2, 0.25) is 0 Å². The van der Waals surface area contributed by atoms with Crippen LogP contribution >= 0.6 is 0 Å². The molecule has 0 radical (unpaired) electrons. The molecule has 0 spiro atoms. The second kappa shape index (κ2) is 4.78. The number of aromatic nitrogens is 4. The average Bonchev–Trinajstić information content (AvgIpc) is 2.98. The van der Waals surface area contributed by atoms with Crippen LogP contribution in [0.25, 0.3) is 0 Å². The summed E-state index contributed by atoms with van der Waals surface area (Å²) in [6.07, 6.45) is 2.05. The topological polar surface area (TPSA) is 75.9 Å². The molecule has 0 saturated carbocycles. The fraction of sp³-hybridized carbons (Fsp3) is 0.286. The summed E-state index contributed by atoms with van der Waals surface area (Å²) in [6.45, 7) is 2.31. The van der Waals surface area contributed by atoms with E-state index < -0.39 is 0 Å². The molecule has 1 unspecified atom stereocenters. The minimum absolute atomic E-state index is 0.0715. The van der Waals surface area contributed by atoms with E-state index in [4.69, 9.17) is 0 Å². The molecule has 0 amide bonds. The summed E-state index contributed by atoms with van der Waals surface area (Å²) >= 11 is 0. The largest absolute Gasteiger partial charge is 0.326 e. The molecular formula is C14H14N6O. The second-order valence-electron chi connectivity index (χ2n) is 5.27. The number of carbonyl (C=O) groups excluding carboxylic acids is 1. The number of nitrogens with one attached hydrogen (secondary N) is 1. The first-order chi connectivity index (χ1) is 10.3. The van der Waals surface area contributed by atoms with Crippen molar-refractivity contribution in [2.75, 3.05) is 18.4 Å². The number of anilines is 1. The molecule has 21 heavy (non-hydrogen) atoms. The van der Waals surface area contributed by atoms with Crippen molar-refractivity contribution in [1.82, 2.24) is 25.1 Å². The summed E-state index contributed by atoms with van der Waals surface area (Å²) in [5.41, 5.74) is 2.15. The smallest absolute Gasteiger partial charge is 0.261 e. The molecule has 3 heterocycles. The van der Waals surface area contributed by atoms with Crippen LogP contribution in [0.15, 0.2) is 42.1 Å². The number of carbonyl (C=O) groups is 1. The lowest BCUT2D eigenvalue weighted by atomic mass is 9.98. The molecule has 0 aliphatic carbocycles. The number of tetrazole rings is 1. The van der Waals surface area contributed by atoms with E-state index in [0.717, 1.165) is 18.8 Å². The zero-order valence-electron chi connectivity index (χ0n) is 11.3. The summed E-state index contributed by atoms with van der Waals surface area (Å²) in [5.74, 6) is 0.107. The Kier molecular flexibility index (Phi) is 2.78. The second-order valence-corrected chi connectivity index (χ2v) is 5.27. The maximum atomic E-state index is 12.4. The fourth-order valence-corrected chi connectivity index (χ4v) is 2.81. The van der Waals surface area contributed by atoms with Crippen molar-refractivity contribution in [2.45, 2.75) is 6.54 Å². The van der Waals surface area contributed by atoms with E-state index in [-0.39, 0.29) is 11.8 Å². The highest BCUT2D eigenvalue weighted by Crippen LogP contribution is 2.27. The van der Waals surface area contributed by atoms with E-state index in [0.29, 0.717) is 12.5 Å². The molecule has 1 atom stereocenters. The van der Waals surface area contributed by atoms with Gasteiger partial charge in [0.15, 0.2) is 0 Å². The Balaban J connectivity index is 1.55. The van der Waals surface area contributed by atoms with Crippen molar-refractivity contribution >= 4 is 11.9 Å². The van der Waals surface area contributed by atoms with Crippen molar-refractivity contribution in [3.63, 3.8) is 0 Å². The molecule has 0 saturated heterocycles. The third kappa shape index (κ3) is 2.11. The SMILES string of the molecule is O=C1C2CN(Cc3ccccc3)CC=C2Nc2nnnn21. The Morgan fingerprint density at radius 3 is 3.00 bits per heavy atom. The monoisotopic (exact) mass is 282 g/mol. The van der Waals surface area contributed by atoms with Crippen LogP contribution in [0.5, 0.6) is 0 Å². The van der Waals surface area contributed by atoms with Gasteiger partial charge in [0.05, 0.1) is 5.92 Å². The average molecular weight is 282 g/mol. The lowest BCUT2D eigenvalue weighted by molar-refractivity contribution is 0.0787. The van der Waals surface area contributed by atoms with Crippen LogP contribution in [0, 0.1) is 5.92 Å². The number of hydrogen-bond acceptors (Lipinski definition) is 6. The number of hydrogen-bond donors (Lipinski definition) is 1. The van der Waals surface area contributed by atoms with Crippen molar-refractivity contribution in [2.24, 2.45) is 5.92 Å². The van der Waals surface area contributed by atoms with Gasteiger partial charge in [-0.2, -0.15) is 0 Å². The van der Waals surface area contributed by atoms with Gasteiger partial charge in [0.1, 0.15) is 0 Å². The van der Waals surface area contributed by atoms with Crippen LogP contribution in [0.2, 0.25) is 0 Å². The van der Waals surface area contributed by atoms with Gasteiger partial charge >= 0.3 is 0 Å². The molecule has 4 rings (SSSR count). The molecule has 1 aromatic heterocycles. The van der Waals surface area contributed by atoms with E-state index in [2.05, 4.69) is 37.9 Å². The van der Waals surface area contributed by atoms with E-state index >= 15 is 0 Å². The minimum Gasteiger partial charge on any atom is -0.326 e. The van der Waals surface area contributed by atoms with Gasteiger partial charge in [-0.15, -0.1) is 4.68 Å². The summed E-state index contributed by atoms with van der Waals surface area (Å²) in [4.78, 5) is 14.7. The number of rotatable bonds is 2. The predicted octanol–water partition coefficient (Wildman–Crippen LogP) is 0.755. The van der Waals surface area contributed by atoms with Crippen molar-refractivity contribution in [3.05, 3.63) is 47.7 Å². The standard InChI is InChI=1S/C14H14N6O/c21-13-11-9-19(8-10-4-2-1-3-5-10)7-6-12(11)15-14-16-17-18-20(13)14/h1-6,11H,7-9H2,(H,15,16,18). The number of benzene rings is 1. The quantitative estimate of drug-likeness (QED) is 0.819. The molecule has 106 valence electrons. The molecule has 1 N–H and O–H groups in total. The molecule has 0 bridgehead atoms. The summed E-state index contributed by atoms with van der Waals surface area (Å²) in [7, 11) is 0. The van der Waals surface area contributed by atoms with Crippen LogP contribution in [-0.2, 0) is 6.54 Å². The first-order valence-electron chi connectivity index (χ1n) is 6.87. The molecule has 2 aromatic rings. The highest BCUT2D eigenvalue weighted by Gasteiger charge is 2.36. The zero-order valence-corrected chi connectivity index (χ0v) is 11.3. The van der Waals surface area contributed by atoms with Crippen LogP contribution < -0.4 is 5.32 Å².